The first kappa shape index (κ1) is 19.6. The van der Waals surface area contributed by atoms with Gasteiger partial charge in [0.05, 0.1) is 18.4 Å². The number of thiazole rings is 1. The molecule has 0 radical (unpaired) electrons. The van der Waals surface area contributed by atoms with Crippen LogP contribution in [0.1, 0.15) is 15.9 Å². The van der Waals surface area contributed by atoms with E-state index < -0.39 is 16.0 Å². The summed E-state index contributed by atoms with van der Waals surface area (Å²) in [5, 5.41) is 13.9. The quantitative estimate of drug-likeness (QED) is 0.513. The summed E-state index contributed by atoms with van der Waals surface area (Å²) >= 11 is 1.17. The SMILES string of the molecule is COc1cc(C(=O)O)ccc1NS(=O)(=O)c1csc(NCc2ccccc2)n1. The summed E-state index contributed by atoms with van der Waals surface area (Å²) < 4.78 is 32.7. The molecule has 2 aromatic carbocycles. The minimum Gasteiger partial charge on any atom is -0.495 e. The van der Waals surface area contributed by atoms with E-state index in [4.69, 9.17) is 9.84 Å². The fourth-order valence-corrected chi connectivity index (χ4v) is 4.40. The van der Waals surface area contributed by atoms with Gasteiger partial charge in [-0.05, 0) is 23.8 Å². The molecule has 0 bridgehead atoms. The Balaban J connectivity index is 1.75. The maximum Gasteiger partial charge on any atom is 0.335 e. The smallest absolute Gasteiger partial charge is 0.335 e. The highest BCUT2D eigenvalue weighted by Gasteiger charge is 2.21. The monoisotopic (exact) mass is 419 g/mol. The lowest BCUT2D eigenvalue weighted by Crippen LogP contribution is -2.14. The fourth-order valence-electron chi connectivity index (χ4n) is 2.34. The van der Waals surface area contributed by atoms with Crippen LogP contribution in [0.4, 0.5) is 10.8 Å². The normalized spacial score (nSPS) is 11.0. The maximum atomic E-state index is 12.6. The van der Waals surface area contributed by atoms with Crippen molar-refractivity contribution in [3.63, 3.8) is 0 Å². The summed E-state index contributed by atoms with van der Waals surface area (Å²) in [5.74, 6) is -1.04. The molecule has 0 aliphatic rings. The van der Waals surface area contributed by atoms with Gasteiger partial charge in [-0.3, -0.25) is 4.72 Å². The number of nitrogens with zero attached hydrogens (tertiary/aromatic N) is 1. The van der Waals surface area contributed by atoms with E-state index >= 15 is 0 Å². The molecule has 3 N–H and O–H groups in total. The van der Waals surface area contributed by atoms with Crippen molar-refractivity contribution >= 4 is 38.1 Å². The van der Waals surface area contributed by atoms with Crippen LogP contribution in [-0.4, -0.2) is 31.6 Å². The molecule has 10 heteroatoms. The first-order valence-corrected chi connectivity index (χ1v) is 10.4. The van der Waals surface area contributed by atoms with E-state index in [9.17, 15) is 13.2 Å². The third-order valence-electron chi connectivity index (χ3n) is 3.74. The largest absolute Gasteiger partial charge is 0.495 e. The molecule has 0 aliphatic carbocycles. The van der Waals surface area contributed by atoms with Crippen LogP contribution in [0, 0.1) is 0 Å². The van der Waals surface area contributed by atoms with Crippen LogP contribution in [0.2, 0.25) is 0 Å². The number of hydrogen-bond donors (Lipinski definition) is 3. The molecule has 0 fully saturated rings. The Labute approximate surface area is 165 Å². The molecule has 1 aromatic heterocycles. The molecule has 0 saturated carbocycles. The minimum absolute atomic E-state index is 0.0131. The highest BCUT2D eigenvalue weighted by atomic mass is 32.2. The van der Waals surface area contributed by atoms with E-state index in [0.717, 1.165) is 5.56 Å². The second-order valence-electron chi connectivity index (χ2n) is 5.66. The molecular formula is C18H17N3O5S2. The van der Waals surface area contributed by atoms with Gasteiger partial charge in [0.1, 0.15) is 5.75 Å². The fraction of sp³-hybridized carbons (Fsp3) is 0.111. The Hall–Kier alpha value is -3.11. The number of sulfonamides is 1. The van der Waals surface area contributed by atoms with E-state index in [-0.39, 0.29) is 22.0 Å². The number of hydrogen-bond acceptors (Lipinski definition) is 7. The second kappa shape index (κ2) is 8.28. The van der Waals surface area contributed by atoms with E-state index in [1.807, 2.05) is 30.3 Å². The molecule has 1 heterocycles. The maximum absolute atomic E-state index is 12.6. The zero-order chi connectivity index (χ0) is 20.1. The number of nitrogens with one attached hydrogen (secondary N) is 2. The van der Waals surface area contributed by atoms with Crippen molar-refractivity contribution in [2.24, 2.45) is 0 Å². The highest BCUT2D eigenvalue weighted by Crippen LogP contribution is 2.29. The van der Waals surface area contributed by atoms with Crippen LogP contribution in [0.15, 0.2) is 58.9 Å². The van der Waals surface area contributed by atoms with Gasteiger partial charge in [-0.1, -0.05) is 30.3 Å². The summed E-state index contributed by atoms with van der Waals surface area (Å²) in [5.41, 5.74) is 1.16. The first-order valence-electron chi connectivity index (χ1n) is 8.06. The van der Waals surface area contributed by atoms with Crippen molar-refractivity contribution in [1.29, 1.82) is 0 Å². The highest BCUT2D eigenvalue weighted by molar-refractivity contribution is 7.92. The van der Waals surface area contributed by atoms with Gasteiger partial charge in [-0.15, -0.1) is 11.3 Å². The number of carboxylic acid groups (broad SMARTS) is 1. The number of rotatable bonds is 8. The summed E-state index contributed by atoms with van der Waals surface area (Å²) in [6.07, 6.45) is 0. The summed E-state index contributed by atoms with van der Waals surface area (Å²) in [6.45, 7) is 0.520. The van der Waals surface area contributed by atoms with Crippen LogP contribution in [0.3, 0.4) is 0 Å². The number of carbonyl (C=O) groups is 1. The van der Waals surface area contributed by atoms with Gasteiger partial charge in [0.25, 0.3) is 10.0 Å². The van der Waals surface area contributed by atoms with Gasteiger partial charge in [0, 0.05) is 11.9 Å². The van der Waals surface area contributed by atoms with E-state index in [1.54, 1.807) is 0 Å². The minimum atomic E-state index is -3.96. The van der Waals surface area contributed by atoms with Crippen molar-refractivity contribution in [3.8, 4) is 5.75 Å². The molecule has 3 rings (SSSR count). The lowest BCUT2D eigenvalue weighted by atomic mass is 10.2. The summed E-state index contributed by atoms with van der Waals surface area (Å²) in [6, 6.07) is 13.5. The standard InChI is InChI=1S/C18H17N3O5S2/c1-26-15-9-13(17(22)23)7-8-14(15)21-28(24,25)16-11-27-18(20-16)19-10-12-5-3-2-4-6-12/h2-9,11,21H,10H2,1H3,(H,19,20)(H,22,23). The zero-order valence-electron chi connectivity index (χ0n) is 14.7. The van der Waals surface area contributed by atoms with Crippen molar-refractivity contribution in [1.82, 2.24) is 4.98 Å². The molecule has 0 spiro atoms. The molecule has 0 amide bonds. The zero-order valence-corrected chi connectivity index (χ0v) is 16.4. The number of anilines is 2. The molecule has 0 unspecified atom stereocenters. The second-order valence-corrected chi connectivity index (χ2v) is 8.14. The average molecular weight is 419 g/mol. The Morgan fingerprint density at radius 3 is 2.64 bits per heavy atom. The predicted molar refractivity (Wildman–Crippen MR) is 107 cm³/mol. The molecular weight excluding hydrogens is 402 g/mol. The van der Waals surface area contributed by atoms with E-state index in [2.05, 4.69) is 15.0 Å². The predicted octanol–water partition coefficient (Wildman–Crippen LogP) is 3.26. The van der Waals surface area contributed by atoms with E-state index in [1.165, 1.54) is 42.0 Å². The van der Waals surface area contributed by atoms with Crippen LogP contribution < -0.4 is 14.8 Å². The third-order valence-corrected chi connectivity index (χ3v) is 5.94. The number of aromatic nitrogens is 1. The molecule has 0 saturated heterocycles. The number of aromatic carboxylic acids is 1. The molecule has 0 aliphatic heterocycles. The summed E-state index contributed by atoms with van der Waals surface area (Å²) in [7, 11) is -2.63. The Morgan fingerprint density at radius 1 is 1.21 bits per heavy atom. The average Bonchev–Trinajstić information content (AvgIpc) is 3.17. The van der Waals surface area contributed by atoms with Crippen LogP contribution in [-0.2, 0) is 16.6 Å². The van der Waals surface area contributed by atoms with Gasteiger partial charge in [0.15, 0.2) is 10.2 Å². The first-order chi connectivity index (χ1) is 13.4. The van der Waals surface area contributed by atoms with Gasteiger partial charge in [-0.25, -0.2) is 9.78 Å². The topological polar surface area (TPSA) is 118 Å². The van der Waals surface area contributed by atoms with Crippen molar-refractivity contribution < 1.29 is 23.1 Å². The molecule has 8 nitrogen and oxygen atoms in total. The van der Waals surface area contributed by atoms with Gasteiger partial charge >= 0.3 is 5.97 Å². The van der Waals surface area contributed by atoms with Crippen LogP contribution in [0.5, 0.6) is 5.75 Å². The van der Waals surface area contributed by atoms with Crippen molar-refractivity contribution in [3.05, 3.63) is 65.0 Å². The van der Waals surface area contributed by atoms with E-state index in [0.29, 0.717) is 11.7 Å². The van der Waals surface area contributed by atoms with Crippen LogP contribution >= 0.6 is 11.3 Å². The number of ether oxygens (including phenoxy) is 1. The molecule has 3 aromatic rings. The molecule has 0 atom stereocenters. The lowest BCUT2D eigenvalue weighted by Gasteiger charge is -2.11. The van der Waals surface area contributed by atoms with Gasteiger partial charge < -0.3 is 15.2 Å². The van der Waals surface area contributed by atoms with Gasteiger partial charge in [0.2, 0.25) is 0 Å². The lowest BCUT2D eigenvalue weighted by molar-refractivity contribution is 0.0696. The summed E-state index contributed by atoms with van der Waals surface area (Å²) in [4.78, 5) is 15.2. The third kappa shape index (κ3) is 4.59. The Bertz CT molecular complexity index is 1080. The number of benzene rings is 2. The molecule has 146 valence electrons. The molecule has 28 heavy (non-hydrogen) atoms. The number of carboxylic acids is 1. The van der Waals surface area contributed by atoms with Crippen molar-refractivity contribution in [2.75, 3.05) is 17.1 Å². The Kier molecular flexibility index (Phi) is 5.81. The number of methoxy groups -OCH3 is 1. The van der Waals surface area contributed by atoms with Crippen molar-refractivity contribution in [2.45, 2.75) is 11.6 Å². The van der Waals surface area contributed by atoms with Crippen LogP contribution in [0.25, 0.3) is 0 Å². The Morgan fingerprint density at radius 2 is 1.96 bits per heavy atom. The van der Waals surface area contributed by atoms with Gasteiger partial charge in [-0.2, -0.15) is 8.42 Å².